The maximum atomic E-state index is 15.3. The molecule has 0 amide bonds. The number of allylic oxidation sites excluding steroid dienone is 1. The van der Waals surface area contributed by atoms with Gasteiger partial charge < -0.3 is 14.8 Å². The standard InChI is InChI=1S/C23H29FNO2P/c1-3-17(2)23(25)22(24)20-15-10-16-21(20)28(26-18-11-6-4-7-12-18)27-19-13-8-5-9-14-19/h4-9,11-14,17,21,23H,3,10,15-16,25H2,1-2H3. The zero-order valence-electron chi connectivity index (χ0n) is 16.6. The van der Waals surface area contributed by atoms with E-state index in [9.17, 15) is 0 Å². The highest BCUT2D eigenvalue weighted by Gasteiger charge is 2.38. The molecule has 0 spiro atoms. The smallest absolute Gasteiger partial charge is 0.298 e. The lowest BCUT2D eigenvalue weighted by Crippen LogP contribution is -2.30. The fraction of sp³-hybridized carbons (Fsp3) is 0.391. The average Bonchev–Trinajstić information content (AvgIpc) is 3.23. The Labute approximate surface area is 168 Å². The molecule has 2 aromatic carbocycles. The van der Waals surface area contributed by atoms with Gasteiger partial charge in [-0.25, -0.2) is 4.39 Å². The third-order valence-electron chi connectivity index (χ3n) is 5.31. The highest BCUT2D eigenvalue weighted by atomic mass is 31.2. The topological polar surface area (TPSA) is 44.5 Å². The minimum Gasteiger partial charge on any atom is -0.438 e. The molecule has 1 fully saturated rings. The van der Waals surface area contributed by atoms with E-state index < -0.39 is 14.4 Å². The molecule has 1 aliphatic carbocycles. The second-order valence-electron chi connectivity index (χ2n) is 7.29. The second-order valence-corrected chi connectivity index (χ2v) is 8.85. The van der Waals surface area contributed by atoms with Gasteiger partial charge in [0.25, 0.3) is 8.38 Å². The van der Waals surface area contributed by atoms with E-state index in [1.54, 1.807) is 0 Å². The van der Waals surface area contributed by atoms with Crippen LogP contribution in [0.15, 0.2) is 72.1 Å². The van der Waals surface area contributed by atoms with E-state index >= 15 is 4.39 Å². The molecule has 0 saturated heterocycles. The van der Waals surface area contributed by atoms with Crippen LogP contribution in [0.25, 0.3) is 0 Å². The molecule has 3 rings (SSSR count). The van der Waals surface area contributed by atoms with Crippen molar-refractivity contribution in [2.24, 2.45) is 11.7 Å². The molecule has 150 valence electrons. The van der Waals surface area contributed by atoms with Gasteiger partial charge in [0.1, 0.15) is 17.3 Å². The normalized spacial score (nSPS) is 20.7. The lowest BCUT2D eigenvalue weighted by atomic mass is 9.96. The summed E-state index contributed by atoms with van der Waals surface area (Å²) in [6.45, 7) is 4.04. The molecule has 28 heavy (non-hydrogen) atoms. The van der Waals surface area contributed by atoms with Gasteiger partial charge in [-0.15, -0.1) is 0 Å². The van der Waals surface area contributed by atoms with Crippen LogP contribution in [0.1, 0.15) is 39.5 Å². The van der Waals surface area contributed by atoms with Crippen molar-refractivity contribution >= 4 is 8.38 Å². The molecule has 5 heteroatoms. The predicted octanol–water partition coefficient (Wildman–Crippen LogP) is 6.61. The van der Waals surface area contributed by atoms with Crippen molar-refractivity contribution in [3.8, 4) is 11.5 Å². The van der Waals surface area contributed by atoms with Gasteiger partial charge in [-0.3, -0.25) is 0 Å². The van der Waals surface area contributed by atoms with Crippen LogP contribution in [-0.4, -0.2) is 11.7 Å². The highest BCUT2D eigenvalue weighted by Crippen LogP contribution is 2.53. The highest BCUT2D eigenvalue weighted by molar-refractivity contribution is 7.49. The minimum absolute atomic E-state index is 0.0921. The fourth-order valence-corrected chi connectivity index (χ4v) is 5.22. The molecule has 2 N–H and O–H groups in total. The molecule has 1 aliphatic rings. The Bertz CT molecular complexity index is 727. The van der Waals surface area contributed by atoms with Crippen LogP contribution in [0.5, 0.6) is 11.5 Å². The number of para-hydroxylation sites is 2. The minimum atomic E-state index is -1.39. The SMILES string of the molecule is CCC(C)C(N)C(F)=C1CCCC1P(Oc1ccccc1)Oc1ccccc1. The number of rotatable bonds is 8. The van der Waals surface area contributed by atoms with Crippen molar-refractivity contribution in [1.82, 2.24) is 0 Å². The summed E-state index contributed by atoms with van der Waals surface area (Å²) in [4.78, 5) is 0. The van der Waals surface area contributed by atoms with Crippen molar-refractivity contribution in [2.75, 3.05) is 0 Å². The van der Waals surface area contributed by atoms with Gasteiger partial charge in [-0.1, -0.05) is 56.7 Å². The number of hydrogen-bond acceptors (Lipinski definition) is 3. The summed E-state index contributed by atoms with van der Waals surface area (Å²) in [7, 11) is -1.39. The van der Waals surface area contributed by atoms with Gasteiger partial charge in [0, 0.05) is 0 Å². The molecule has 0 aliphatic heterocycles. The summed E-state index contributed by atoms with van der Waals surface area (Å²) in [6, 6.07) is 18.7. The Hall–Kier alpha value is -1.90. The van der Waals surface area contributed by atoms with Crippen molar-refractivity contribution in [1.29, 1.82) is 0 Å². The molecule has 0 heterocycles. The molecule has 3 nitrogen and oxygen atoms in total. The van der Waals surface area contributed by atoms with Crippen LogP contribution in [0.4, 0.5) is 4.39 Å². The van der Waals surface area contributed by atoms with E-state index in [-0.39, 0.29) is 17.4 Å². The van der Waals surface area contributed by atoms with E-state index in [0.29, 0.717) is 0 Å². The van der Waals surface area contributed by atoms with Crippen LogP contribution in [0.2, 0.25) is 0 Å². The summed E-state index contributed by atoms with van der Waals surface area (Å²) in [5.74, 6) is 1.41. The van der Waals surface area contributed by atoms with Crippen LogP contribution >= 0.6 is 8.38 Å². The van der Waals surface area contributed by atoms with E-state index in [1.165, 1.54) is 0 Å². The zero-order chi connectivity index (χ0) is 19.9. The molecule has 0 bridgehead atoms. The van der Waals surface area contributed by atoms with Gasteiger partial charge in [-0.05, 0) is 55.0 Å². The van der Waals surface area contributed by atoms with Crippen LogP contribution < -0.4 is 14.8 Å². The third-order valence-corrected chi connectivity index (χ3v) is 7.17. The molecule has 0 aromatic heterocycles. The van der Waals surface area contributed by atoms with E-state index in [1.807, 2.05) is 74.5 Å². The van der Waals surface area contributed by atoms with Crippen LogP contribution in [0.3, 0.4) is 0 Å². The average molecular weight is 401 g/mol. The zero-order valence-corrected chi connectivity index (χ0v) is 17.4. The lowest BCUT2D eigenvalue weighted by Gasteiger charge is -2.26. The van der Waals surface area contributed by atoms with E-state index in [2.05, 4.69) is 0 Å². The van der Waals surface area contributed by atoms with Crippen LogP contribution in [0, 0.1) is 5.92 Å². The summed E-state index contributed by atoms with van der Waals surface area (Å²) < 4.78 is 27.8. The maximum Gasteiger partial charge on any atom is 0.298 e. The number of nitrogens with two attached hydrogens (primary N) is 1. The number of halogens is 1. The Morgan fingerprint density at radius 2 is 1.61 bits per heavy atom. The molecule has 3 atom stereocenters. The molecule has 2 aromatic rings. The van der Waals surface area contributed by atoms with Gasteiger partial charge in [0.15, 0.2) is 0 Å². The molecular weight excluding hydrogens is 372 g/mol. The Balaban J connectivity index is 1.89. The third kappa shape index (κ3) is 5.12. The first-order valence-electron chi connectivity index (χ1n) is 9.99. The summed E-state index contributed by atoms with van der Waals surface area (Å²) in [6.07, 6.45) is 3.34. The molecule has 3 unspecified atom stereocenters. The quantitative estimate of drug-likeness (QED) is 0.507. The summed E-state index contributed by atoms with van der Waals surface area (Å²) in [5, 5.41) is 0. The van der Waals surface area contributed by atoms with Gasteiger partial charge in [0.2, 0.25) is 0 Å². The first kappa shape index (κ1) is 20.8. The summed E-state index contributed by atoms with van der Waals surface area (Å²) in [5.41, 5.74) is 6.90. The number of benzene rings is 2. The second kappa shape index (κ2) is 10.0. The van der Waals surface area contributed by atoms with Crippen molar-refractivity contribution in [3.05, 3.63) is 72.1 Å². The van der Waals surface area contributed by atoms with Crippen LogP contribution in [-0.2, 0) is 0 Å². The molecule has 0 radical (unpaired) electrons. The van der Waals surface area contributed by atoms with Crippen molar-refractivity contribution in [3.63, 3.8) is 0 Å². The van der Waals surface area contributed by atoms with E-state index in [0.717, 1.165) is 42.8 Å². The fourth-order valence-electron chi connectivity index (χ4n) is 3.37. The van der Waals surface area contributed by atoms with Crippen molar-refractivity contribution in [2.45, 2.75) is 51.2 Å². The first-order valence-corrected chi connectivity index (χ1v) is 11.2. The largest absolute Gasteiger partial charge is 0.438 e. The van der Waals surface area contributed by atoms with Gasteiger partial charge >= 0.3 is 0 Å². The maximum absolute atomic E-state index is 15.3. The Kier molecular flexibility index (Phi) is 7.47. The van der Waals surface area contributed by atoms with Gasteiger partial charge in [0.05, 0.1) is 11.7 Å². The summed E-state index contributed by atoms with van der Waals surface area (Å²) >= 11 is 0. The Morgan fingerprint density at radius 1 is 1.07 bits per heavy atom. The van der Waals surface area contributed by atoms with E-state index in [4.69, 9.17) is 14.8 Å². The monoisotopic (exact) mass is 401 g/mol. The molecule has 1 saturated carbocycles. The lowest BCUT2D eigenvalue weighted by molar-refractivity contribution is 0.408. The number of hydrogen-bond donors (Lipinski definition) is 1. The predicted molar refractivity (Wildman–Crippen MR) is 114 cm³/mol. The Morgan fingerprint density at radius 3 is 2.11 bits per heavy atom. The van der Waals surface area contributed by atoms with Crippen molar-refractivity contribution < 1.29 is 13.4 Å². The first-order chi connectivity index (χ1) is 13.6. The molecular formula is C23H29FNO2P. The van der Waals surface area contributed by atoms with Gasteiger partial charge in [-0.2, -0.15) is 0 Å².